The van der Waals surface area contributed by atoms with E-state index in [0.717, 1.165) is 32.5 Å². The third-order valence-corrected chi connectivity index (χ3v) is 4.52. The zero-order chi connectivity index (χ0) is 13.1. The summed E-state index contributed by atoms with van der Waals surface area (Å²) >= 11 is 0. The van der Waals surface area contributed by atoms with E-state index in [2.05, 4.69) is 23.6 Å². The molecule has 104 valence electrons. The minimum atomic E-state index is 0.237. The Kier molecular flexibility index (Phi) is 4.62. The number of likely N-dealkylation sites (tertiary alicyclic amines) is 2. The van der Waals surface area contributed by atoms with Gasteiger partial charge in [0.1, 0.15) is 0 Å². The highest BCUT2D eigenvalue weighted by Gasteiger charge is 2.31. The predicted octanol–water partition coefficient (Wildman–Crippen LogP) is 1.06. The Balaban J connectivity index is 1.87. The van der Waals surface area contributed by atoms with Crippen molar-refractivity contribution in [1.82, 2.24) is 9.80 Å². The maximum atomic E-state index is 12.4. The van der Waals surface area contributed by atoms with Crippen LogP contribution in [-0.2, 0) is 4.79 Å². The van der Waals surface area contributed by atoms with Crippen LogP contribution in [0.2, 0.25) is 0 Å². The number of rotatable bonds is 3. The maximum absolute atomic E-state index is 12.4. The summed E-state index contributed by atoms with van der Waals surface area (Å²) < 4.78 is 0. The van der Waals surface area contributed by atoms with Gasteiger partial charge in [0.2, 0.25) is 5.91 Å². The van der Waals surface area contributed by atoms with Gasteiger partial charge in [-0.1, -0.05) is 13.8 Å². The lowest BCUT2D eigenvalue weighted by Gasteiger charge is -2.36. The van der Waals surface area contributed by atoms with Crippen molar-refractivity contribution in [1.29, 1.82) is 0 Å². The van der Waals surface area contributed by atoms with E-state index >= 15 is 0 Å². The van der Waals surface area contributed by atoms with E-state index in [1.54, 1.807) is 0 Å². The smallest absolute Gasteiger partial charge is 0.236 e. The minimum Gasteiger partial charge on any atom is -0.339 e. The van der Waals surface area contributed by atoms with Gasteiger partial charge in [-0.2, -0.15) is 0 Å². The predicted molar refractivity (Wildman–Crippen MR) is 73.2 cm³/mol. The Labute approximate surface area is 110 Å². The van der Waals surface area contributed by atoms with Crippen LogP contribution in [0.15, 0.2) is 0 Å². The summed E-state index contributed by atoms with van der Waals surface area (Å²) in [6.07, 6.45) is 4.70. The van der Waals surface area contributed by atoms with Crippen LogP contribution in [0.25, 0.3) is 0 Å². The molecule has 2 saturated heterocycles. The van der Waals surface area contributed by atoms with Gasteiger partial charge in [-0.25, -0.2) is 0 Å². The third-order valence-electron chi connectivity index (χ3n) is 4.52. The standard InChI is InChI=1S/C14H27N3O/c1-3-12-6-4-5-7-17(12)14(18)10-16-8-11(2)13(15)9-16/h11-13H,3-10,15H2,1-2H3. The molecule has 0 spiro atoms. The Morgan fingerprint density at radius 1 is 1.33 bits per heavy atom. The number of piperidine rings is 1. The maximum Gasteiger partial charge on any atom is 0.236 e. The Morgan fingerprint density at radius 2 is 2.11 bits per heavy atom. The van der Waals surface area contributed by atoms with Gasteiger partial charge in [-0.15, -0.1) is 0 Å². The monoisotopic (exact) mass is 253 g/mol. The molecule has 18 heavy (non-hydrogen) atoms. The normalized spacial score (nSPS) is 33.9. The van der Waals surface area contributed by atoms with Crippen molar-refractivity contribution in [2.45, 2.75) is 51.6 Å². The molecule has 2 rings (SSSR count). The molecule has 4 nitrogen and oxygen atoms in total. The minimum absolute atomic E-state index is 0.237. The Bertz CT molecular complexity index is 285. The molecule has 0 bridgehead atoms. The van der Waals surface area contributed by atoms with Gasteiger partial charge in [-0.05, 0) is 31.6 Å². The van der Waals surface area contributed by atoms with Gasteiger partial charge in [0.15, 0.2) is 0 Å². The van der Waals surface area contributed by atoms with Crippen molar-refractivity contribution < 1.29 is 4.79 Å². The highest BCUT2D eigenvalue weighted by molar-refractivity contribution is 5.78. The van der Waals surface area contributed by atoms with Crippen molar-refractivity contribution in [2.24, 2.45) is 11.7 Å². The largest absolute Gasteiger partial charge is 0.339 e. The van der Waals surface area contributed by atoms with Crippen LogP contribution in [0.4, 0.5) is 0 Å². The van der Waals surface area contributed by atoms with Crippen molar-refractivity contribution in [3.63, 3.8) is 0 Å². The lowest BCUT2D eigenvalue weighted by molar-refractivity contribution is -0.136. The average molecular weight is 253 g/mol. The number of nitrogens with zero attached hydrogens (tertiary/aromatic N) is 2. The number of nitrogens with two attached hydrogens (primary N) is 1. The van der Waals surface area contributed by atoms with E-state index in [-0.39, 0.29) is 6.04 Å². The molecule has 2 fully saturated rings. The van der Waals surface area contributed by atoms with Crippen LogP contribution in [-0.4, -0.2) is 54.0 Å². The molecular weight excluding hydrogens is 226 g/mol. The lowest BCUT2D eigenvalue weighted by atomic mass is 10.00. The number of amides is 1. The Morgan fingerprint density at radius 3 is 2.72 bits per heavy atom. The molecule has 1 amide bonds. The molecule has 0 saturated carbocycles. The van der Waals surface area contributed by atoms with E-state index in [4.69, 9.17) is 5.73 Å². The number of hydrogen-bond donors (Lipinski definition) is 1. The highest BCUT2D eigenvalue weighted by atomic mass is 16.2. The SMILES string of the molecule is CCC1CCCCN1C(=O)CN1CC(C)C(N)C1. The second-order valence-electron chi connectivity index (χ2n) is 5.98. The number of carbonyl (C=O) groups excluding carboxylic acids is 1. The van der Waals surface area contributed by atoms with Gasteiger partial charge < -0.3 is 10.6 Å². The summed E-state index contributed by atoms with van der Waals surface area (Å²) in [5, 5.41) is 0. The van der Waals surface area contributed by atoms with Gasteiger partial charge in [-0.3, -0.25) is 9.69 Å². The van der Waals surface area contributed by atoms with Gasteiger partial charge >= 0.3 is 0 Å². The van der Waals surface area contributed by atoms with E-state index in [9.17, 15) is 4.79 Å². The van der Waals surface area contributed by atoms with E-state index in [1.807, 2.05) is 0 Å². The second-order valence-corrected chi connectivity index (χ2v) is 5.98. The molecule has 4 heteroatoms. The van der Waals surface area contributed by atoms with E-state index in [1.165, 1.54) is 12.8 Å². The van der Waals surface area contributed by atoms with Gasteiger partial charge in [0.05, 0.1) is 6.54 Å². The molecule has 2 heterocycles. The average Bonchev–Trinajstić information content (AvgIpc) is 2.68. The highest BCUT2D eigenvalue weighted by Crippen LogP contribution is 2.21. The fraction of sp³-hybridized carbons (Fsp3) is 0.929. The molecule has 2 aliphatic rings. The number of carbonyl (C=O) groups is 1. The molecule has 3 unspecified atom stereocenters. The van der Waals surface area contributed by atoms with Crippen molar-refractivity contribution in [3.05, 3.63) is 0 Å². The third kappa shape index (κ3) is 3.04. The van der Waals surface area contributed by atoms with Crippen molar-refractivity contribution in [2.75, 3.05) is 26.2 Å². The summed E-state index contributed by atoms with van der Waals surface area (Å²) in [7, 11) is 0. The van der Waals surface area contributed by atoms with Crippen LogP contribution >= 0.6 is 0 Å². The lowest BCUT2D eigenvalue weighted by Crippen LogP contribution is -2.47. The van der Waals surface area contributed by atoms with Crippen LogP contribution in [0.3, 0.4) is 0 Å². The zero-order valence-corrected chi connectivity index (χ0v) is 11.8. The first-order chi connectivity index (χ1) is 8.61. The van der Waals surface area contributed by atoms with Crippen molar-refractivity contribution >= 4 is 5.91 Å². The zero-order valence-electron chi connectivity index (χ0n) is 11.8. The van der Waals surface area contributed by atoms with E-state index < -0.39 is 0 Å². The summed E-state index contributed by atoms with van der Waals surface area (Å²) in [4.78, 5) is 16.7. The summed E-state index contributed by atoms with van der Waals surface area (Å²) in [5.41, 5.74) is 6.01. The fourth-order valence-corrected chi connectivity index (χ4v) is 3.26. The first kappa shape index (κ1) is 13.8. The first-order valence-electron chi connectivity index (χ1n) is 7.39. The van der Waals surface area contributed by atoms with E-state index in [0.29, 0.717) is 24.4 Å². The quantitative estimate of drug-likeness (QED) is 0.818. The molecule has 0 aliphatic carbocycles. The molecular formula is C14H27N3O. The molecule has 2 N–H and O–H groups in total. The summed E-state index contributed by atoms with van der Waals surface area (Å²) in [6, 6.07) is 0.709. The fourth-order valence-electron chi connectivity index (χ4n) is 3.26. The molecule has 2 aliphatic heterocycles. The van der Waals surface area contributed by atoms with Crippen LogP contribution in [0.1, 0.15) is 39.5 Å². The molecule has 3 atom stereocenters. The Hall–Kier alpha value is -0.610. The molecule has 0 aromatic carbocycles. The van der Waals surface area contributed by atoms with Crippen LogP contribution in [0, 0.1) is 5.92 Å². The summed E-state index contributed by atoms with van der Waals surface area (Å²) in [5.74, 6) is 0.823. The summed E-state index contributed by atoms with van der Waals surface area (Å²) in [6.45, 7) is 7.71. The first-order valence-corrected chi connectivity index (χ1v) is 7.39. The molecule has 0 radical (unpaired) electrons. The number of hydrogen-bond acceptors (Lipinski definition) is 3. The van der Waals surface area contributed by atoms with Gasteiger partial charge in [0.25, 0.3) is 0 Å². The van der Waals surface area contributed by atoms with Crippen molar-refractivity contribution in [3.8, 4) is 0 Å². The van der Waals surface area contributed by atoms with Crippen LogP contribution < -0.4 is 5.73 Å². The van der Waals surface area contributed by atoms with Gasteiger partial charge in [0, 0.05) is 31.7 Å². The topological polar surface area (TPSA) is 49.6 Å². The second kappa shape index (κ2) is 6.02. The molecule has 0 aromatic rings. The van der Waals surface area contributed by atoms with Crippen LogP contribution in [0.5, 0.6) is 0 Å². The molecule has 0 aromatic heterocycles.